The molecule has 0 heterocycles. The van der Waals surface area contributed by atoms with Gasteiger partial charge in [0.15, 0.2) is 0 Å². The molecule has 1 fully saturated rings. The Balaban J connectivity index is 2.38. The number of carbonyl (C=O) groups is 1. The van der Waals surface area contributed by atoms with Crippen LogP contribution in [0.3, 0.4) is 0 Å². The Hall–Kier alpha value is -0.610. The molecule has 1 aliphatic carbocycles. The number of amides is 1. The van der Waals surface area contributed by atoms with Gasteiger partial charge in [0, 0.05) is 19.0 Å². The number of nitrogens with one attached hydrogen (secondary N) is 1. The molecule has 0 atom stereocenters. The van der Waals surface area contributed by atoms with Crippen LogP contribution in [0, 0.1) is 0 Å². The molecule has 0 aromatic rings. The second kappa shape index (κ2) is 7.63. The molecule has 0 aromatic carbocycles. The molecule has 1 saturated carbocycles. The summed E-state index contributed by atoms with van der Waals surface area (Å²) >= 11 is 0. The lowest BCUT2D eigenvalue weighted by atomic mass is 10.1. The zero-order valence-corrected chi connectivity index (χ0v) is 10.2. The van der Waals surface area contributed by atoms with Crippen LogP contribution in [-0.4, -0.2) is 48.7 Å². The first kappa shape index (κ1) is 13.5. The van der Waals surface area contributed by atoms with Gasteiger partial charge in [0.05, 0.1) is 6.61 Å². The number of hydrogen-bond acceptors (Lipinski definition) is 3. The van der Waals surface area contributed by atoms with Crippen LogP contribution in [-0.2, 0) is 4.79 Å². The number of hydrogen-bond donors (Lipinski definition) is 2. The van der Waals surface area contributed by atoms with E-state index in [0.717, 1.165) is 25.8 Å². The largest absolute Gasteiger partial charge is 0.395 e. The van der Waals surface area contributed by atoms with Crippen LogP contribution >= 0.6 is 0 Å². The van der Waals surface area contributed by atoms with Gasteiger partial charge >= 0.3 is 0 Å². The van der Waals surface area contributed by atoms with Crippen molar-refractivity contribution in [1.82, 2.24) is 10.2 Å². The Morgan fingerprint density at radius 2 is 2.12 bits per heavy atom. The van der Waals surface area contributed by atoms with E-state index in [1.54, 1.807) is 0 Å². The van der Waals surface area contributed by atoms with Gasteiger partial charge < -0.3 is 15.3 Å². The molecule has 1 amide bonds. The van der Waals surface area contributed by atoms with E-state index in [1.807, 2.05) is 11.9 Å². The van der Waals surface area contributed by atoms with E-state index in [4.69, 9.17) is 5.11 Å². The fourth-order valence-corrected chi connectivity index (χ4v) is 2.39. The van der Waals surface area contributed by atoms with Crippen LogP contribution in [0.4, 0.5) is 0 Å². The number of aliphatic hydroxyl groups excluding tert-OH is 1. The third-order valence-corrected chi connectivity index (χ3v) is 3.24. The molecular weight excluding hydrogens is 204 g/mol. The Labute approximate surface area is 98.0 Å². The smallest absolute Gasteiger partial charge is 0.222 e. The molecule has 1 aliphatic rings. The van der Waals surface area contributed by atoms with Gasteiger partial charge in [0.1, 0.15) is 0 Å². The first-order valence-electron chi connectivity index (χ1n) is 6.34. The third kappa shape index (κ3) is 4.10. The lowest BCUT2D eigenvalue weighted by Gasteiger charge is -2.28. The second-order valence-electron chi connectivity index (χ2n) is 4.46. The molecule has 94 valence electrons. The Bertz CT molecular complexity index is 203. The molecule has 1 rings (SSSR count). The average molecular weight is 228 g/mol. The molecule has 2 N–H and O–H groups in total. The van der Waals surface area contributed by atoms with E-state index in [9.17, 15) is 4.79 Å². The van der Waals surface area contributed by atoms with Gasteiger partial charge in [0.25, 0.3) is 0 Å². The summed E-state index contributed by atoms with van der Waals surface area (Å²) in [4.78, 5) is 13.9. The van der Waals surface area contributed by atoms with Gasteiger partial charge in [-0.2, -0.15) is 0 Å². The Morgan fingerprint density at radius 1 is 1.44 bits per heavy atom. The van der Waals surface area contributed by atoms with Crippen LogP contribution in [0.15, 0.2) is 0 Å². The quantitative estimate of drug-likeness (QED) is 0.632. The van der Waals surface area contributed by atoms with Gasteiger partial charge in [0.2, 0.25) is 5.91 Å². The molecular formula is C12H24N2O2. The minimum Gasteiger partial charge on any atom is -0.395 e. The molecule has 0 aromatic heterocycles. The predicted molar refractivity (Wildman–Crippen MR) is 64.2 cm³/mol. The molecule has 4 heteroatoms. The molecule has 16 heavy (non-hydrogen) atoms. The number of nitrogens with zero attached hydrogens (tertiary/aromatic N) is 1. The maximum absolute atomic E-state index is 12.0. The van der Waals surface area contributed by atoms with E-state index in [-0.39, 0.29) is 12.5 Å². The lowest BCUT2D eigenvalue weighted by Crippen LogP contribution is -2.40. The summed E-state index contributed by atoms with van der Waals surface area (Å²) in [5.41, 5.74) is 0. The zero-order valence-electron chi connectivity index (χ0n) is 10.2. The van der Waals surface area contributed by atoms with Gasteiger partial charge in [-0.25, -0.2) is 0 Å². The minimum absolute atomic E-state index is 0.0776. The fourth-order valence-electron chi connectivity index (χ4n) is 2.39. The molecule has 0 bridgehead atoms. The lowest BCUT2D eigenvalue weighted by molar-refractivity contribution is -0.134. The van der Waals surface area contributed by atoms with Gasteiger partial charge in [-0.3, -0.25) is 4.79 Å². The van der Waals surface area contributed by atoms with E-state index < -0.39 is 0 Å². The molecule has 0 radical (unpaired) electrons. The van der Waals surface area contributed by atoms with Crippen molar-refractivity contribution in [2.24, 2.45) is 0 Å². The minimum atomic E-state index is 0.0776. The maximum Gasteiger partial charge on any atom is 0.222 e. The van der Waals surface area contributed by atoms with Crippen LogP contribution in [0.1, 0.15) is 38.5 Å². The van der Waals surface area contributed by atoms with Crippen LogP contribution in [0.5, 0.6) is 0 Å². The highest BCUT2D eigenvalue weighted by Crippen LogP contribution is 2.23. The fraction of sp³-hybridized carbons (Fsp3) is 0.917. The highest BCUT2D eigenvalue weighted by atomic mass is 16.3. The van der Waals surface area contributed by atoms with Crippen molar-refractivity contribution in [2.45, 2.75) is 44.6 Å². The Morgan fingerprint density at radius 3 is 2.69 bits per heavy atom. The summed E-state index contributed by atoms with van der Waals surface area (Å²) in [6.07, 6.45) is 6.13. The first-order chi connectivity index (χ1) is 7.79. The van der Waals surface area contributed by atoms with Crippen molar-refractivity contribution < 1.29 is 9.90 Å². The average Bonchev–Trinajstić information content (AvgIpc) is 2.79. The number of rotatable bonds is 7. The topological polar surface area (TPSA) is 52.6 Å². The maximum atomic E-state index is 12.0. The van der Waals surface area contributed by atoms with E-state index >= 15 is 0 Å². The number of aliphatic hydroxyl groups is 1. The van der Waals surface area contributed by atoms with Crippen LogP contribution in [0.25, 0.3) is 0 Å². The summed E-state index contributed by atoms with van der Waals surface area (Å²) in [6, 6.07) is 0.384. The van der Waals surface area contributed by atoms with Crippen molar-refractivity contribution >= 4 is 5.91 Å². The molecule has 4 nitrogen and oxygen atoms in total. The second-order valence-corrected chi connectivity index (χ2v) is 4.46. The van der Waals surface area contributed by atoms with Crippen molar-refractivity contribution in [3.05, 3.63) is 0 Å². The summed E-state index contributed by atoms with van der Waals surface area (Å²) in [7, 11) is 1.90. The molecule has 0 spiro atoms. The van der Waals surface area contributed by atoms with E-state index in [2.05, 4.69) is 5.32 Å². The Kier molecular flexibility index (Phi) is 6.42. The molecule has 0 aliphatic heterocycles. The summed E-state index contributed by atoms with van der Waals surface area (Å²) < 4.78 is 0. The highest BCUT2D eigenvalue weighted by molar-refractivity contribution is 5.76. The van der Waals surface area contributed by atoms with Crippen LogP contribution < -0.4 is 5.32 Å². The first-order valence-corrected chi connectivity index (χ1v) is 6.34. The van der Waals surface area contributed by atoms with Gasteiger partial charge in [-0.15, -0.1) is 0 Å². The highest BCUT2D eigenvalue weighted by Gasteiger charge is 2.25. The van der Waals surface area contributed by atoms with Gasteiger partial charge in [-0.05, 0) is 32.9 Å². The predicted octanol–water partition coefficient (Wildman–Crippen LogP) is 0.749. The van der Waals surface area contributed by atoms with Crippen molar-refractivity contribution in [1.29, 1.82) is 0 Å². The van der Waals surface area contributed by atoms with Crippen molar-refractivity contribution in [2.75, 3.05) is 26.7 Å². The molecule has 0 unspecified atom stereocenters. The zero-order chi connectivity index (χ0) is 11.8. The van der Waals surface area contributed by atoms with Crippen molar-refractivity contribution in [3.63, 3.8) is 0 Å². The van der Waals surface area contributed by atoms with Gasteiger partial charge in [-0.1, -0.05) is 12.8 Å². The van der Waals surface area contributed by atoms with E-state index in [1.165, 1.54) is 12.8 Å². The van der Waals surface area contributed by atoms with Crippen molar-refractivity contribution in [3.8, 4) is 0 Å². The normalized spacial score (nSPS) is 16.6. The van der Waals surface area contributed by atoms with Crippen LogP contribution in [0.2, 0.25) is 0 Å². The standard InChI is InChI=1S/C12H24N2O2/c1-13-8-4-7-12(16)14(9-10-15)11-5-2-3-6-11/h11,13,15H,2-10H2,1H3. The summed E-state index contributed by atoms with van der Waals surface area (Å²) in [5, 5.41) is 12.1. The van der Waals surface area contributed by atoms with E-state index in [0.29, 0.717) is 19.0 Å². The monoisotopic (exact) mass is 228 g/mol. The molecule has 0 saturated heterocycles. The SMILES string of the molecule is CNCCCC(=O)N(CCO)C1CCCC1. The number of carbonyl (C=O) groups excluding carboxylic acids is 1. The summed E-state index contributed by atoms with van der Waals surface area (Å²) in [5.74, 6) is 0.205. The summed E-state index contributed by atoms with van der Waals surface area (Å²) in [6.45, 7) is 1.46. The third-order valence-electron chi connectivity index (χ3n) is 3.24.